The Bertz CT molecular complexity index is 1160. The van der Waals surface area contributed by atoms with E-state index >= 15 is 0 Å². The third-order valence-corrected chi connectivity index (χ3v) is 4.46. The van der Waals surface area contributed by atoms with Gasteiger partial charge in [0.15, 0.2) is 0 Å². The van der Waals surface area contributed by atoms with Gasteiger partial charge in [-0.05, 0) is 48.4 Å². The van der Waals surface area contributed by atoms with Crippen LogP contribution in [0.2, 0.25) is 0 Å². The number of H-pyrrole nitrogens is 1. The quantitative estimate of drug-likeness (QED) is 0.247. The summed E-state index contributed by atoms with van der Waals surface area (Å²) in [6.07, 6.45) is 0.941. The van der Waals surface area contributed by atoms with Crippen LogP contribution in [0.5, 0.6) is 5.75 Å². The van der Waals surface area contributed by atoms with Crippen LogP contribution in [-0.2, 0) is 16.2 Å². The number of carbonyl (C=O) groups excluding carboxylic acids is 2. The van der Waals surface area contributed by atoms with Gasteiger partial charge in [-0.25, -0.2) is 4.98 Å². The van der Waals surface area contributed by atoms with Crippen LogP contribution in [0.4, 0.5) is 5.95 Å². The van der Waals surface area contributed by atoms with Gasteiger partial charge in [0.2, 0.25) is 11.9 Å². The van der Waals surface area contributed by atoms with Crippen molar-refractivity contribution < 1.29 is 24.2 Å². The molecule has 1 heterocycles. The number of anilines is 1. The molecule has 0 aliphatic carbocycles. The molecule has 11 nitrogen and oxygen atoms in total. The Kier molecular flexibility index (Phi) is 9.37. The maximum absolute atomic E-state index is 12.1. The molecular weight excluding hydrogens is 430 g/mol. The first-order valence-electron chi connectivity index (χ1n) is 9.96. The number of nitrogen functional groups attached to an aromatic ring is 1. The summed E-state index contributed by atoms with van der Waals surface area (Å²) in [5.74, 6) is 0.406. The Labute approximate surface area is 189 Å². The lowest BCUT2D eigenvalue weighted by atomic mass is 10.1. The number of carboxylic acid groups (broad SMARTS) is 1. The Morgan fingerprint density at radius 2 is 1.91 bits per heavy atom. The fourth-order valence-corrected chi connectivity index (χ4v) is 2.84. The topological polar surface area (TPSA) is 176 Å². The summed E-state index contributed by atoms with van der Waals surface area (Å²) in [5.41, 5.74) is 7.07. The normalized spacial score (nSPS) is 9.97. The molecule has 3 rings (SSSR count). The number of aromatic nitrogens is 2. The summed E-state index contributed by atoms with van der Waals surface area (Å²) in [6, 6.07) is 12.0. The molecule has 2 amide bonds. The van der Waals surface area contributed by atoms with E-state index in [1.165, 1.54) is 0 Å². The molecule has 174 valence electrons. The highest BCUT2D eigenvalue weighted by Crippen LogP contribution is 2.16. The minimum atomic E-state index is -0.301. The van der Waals surface area contributed by atoms with Gasteiger partial charge in [-0.1, -0.05) is 6.07 Å². The lowest BCUT2D eigenvalue weighted by Gasteiger charge is -2.09. The molecule has 3 aromatic rings. The highest BCUT2D eigenvalue weighted by molar-refractivity contribution is 5.94. The Hall–Kier alpha value is -4.41. The second kappa shape index (κ2) is 12.4. The summed E-state index contributed by atoms with van der Waals surface area (Å²) < 4.78 is 5.74. The Morgan fingerprint density at radius 1 is 1.21 bits per heavy atom. The van der Waals surface area contributed by atoms with Gasteiger partial charge in [0, 0.05) is 25.6 Å². The number of aromatic amines is 1. The highest BCUT2D eigenvalue weighted by atomic mass is 16.5. The van der Waals surface area contributed by atoms with Crippen molar-refractivity contribution in [2.75, 3.05) is 19.3 Å². The number of hydrogen-bond donors (Lipinski definition) is 5. The van der Waals surface area contributed by atoms with Crippen LogP contribution in [0.1, 0.15) is 28.8 Å². The number of nitrogens with zero attached hydrogens (tertiary/aromatic N) is 1. The van der Waals surface area contributed by atoms with Crippen LogP contribution in [0.3, 0.4) is 0 Å². The maximum Gasteiger partial charge on any atom is 0.290 e. The van der Waals surface area contributed by atoms with Crippen LogP contribution in [0, 0.1) is 0 Å². The van der Waals surface area contributed by atoms with E-state index in [0.717, 1.165) is 5.56 Å². The number of hydrogen-bond acceptors (Lipinski definition) is 7. The molecule has 0 aliphatic heterocycles. The van der Waals surface area contributed by atoms with Crippen molar-refractivity contribution in [2.24, 2.45) is 0 Å². The molecule has 0 unspecified atom stereocenters. The van der Waals surface area contributed by atoms with E-state index in [1.54, 1.807) is 43.4 Å². The molecule has 0 fully saturated rings. The largest absolute Gasteiger partial charge is 0.489 e. The third-order valence-electron chi connectivity index (χ3n) is 4.46. The molecule has 11 heteroatoms. The molecule has 33 heavy (non-hydrogen) atoms. The summed E-state index contributed by atoms with van der Waals surface area (Å²) in [7, 11) is 1.58. The fourth-order valence-electron chi connectivity index (χ4n) is 2.84. The van der Waals surface area contributed by atoms with Gasteiger partial charge in [0.1, 0.15) is 12.4 Å². The zero-order valence-electron chi connectivity index (χ0n) is 18.0. The fraction of sp³-hybridized carbons (Fsp3) is 0.227. The third kappa shape index (κ3) is 7.65. The standard InChI is InChI=1S/C21H23N5O4.CH2O2/c1-23-18(27)3-2-10-24-19(28)14-5-7-15(8-6-14)30-12-13-4-9-17-16(11-13)20(29)26-21(22)25-17;2-1-3/h4-9,11H,2-3,10,12H2,1H3,(H,23,27)(H,24,28)(H3,22,25,26,29);1H,(H,2,3). The number of rotatable bonds is 8. The molecule has 0 radical (unpaired) electrons. The number of amides is 2. The average molecular weight is 455 g/mol. The average Bonchev–Trinajstić information content (AvgIpc) is 2.81. The van der Waals surface area contributed by atoms with E-state index in [4.69, 9.17) is 20.4 Å². The van der Waals surface area contributed by atoms with Gasteiger partial charge in [0.05, 0.1) is 10.9 Å². The number of nitrogens with one attached hydrogen (secondary N) is 3. The predicted octanol–water partition coefficient (Wildman–Crippen LogP) is 1.04. The Morgan fingerprint density at radius 3 is 2.58 bits per heavy atom. The minimum Gasteiger partial charge on any atom is -0.489 e. The van der Waals surface area contributed by atoms with Crippen molar-refractivity contribution in [1.82, 2.24) is 20.6 Å². The van der Waals surface area contributed by atoms with Crippen molar-refractivity contribution in [3.63, 3.8) is 0 Å². The second-order valence-electron chi connectivity index (χ2n) is 6.75. The molecule has 0 saturated heterocycles. The van der Waals surface area contributed by atoms with E-state index in [1.807, 2.05) is 6.07 Å². The van der Waals surface area contributed by atoms with Gasteiger partial charge in [0.25, 0.3) is 17.9 Å². The first-order valence-corrected chi connectivity index (χ1v) is 9.96. The molecule has 6 N–H and O–H groups in total. The summed E-state index contributed by atoms with van der Waals surface area (Å²) >= 11 is 0. The van der Waals surface area contributed by atoms with Gasteiger partial charge in [-0.3, -0.25) is 24.2 Å². The number of carbonyl (C=O) groups is 3. The van der Waals surface area contributed by atoms with Crippen molar-refractivity contribution >= 4 is 35.1 Å². The SMILES string of the molecule is CNC(=O)CCCNC(=O)c1ccc(OCc2ccc3nc(N)[nH]c(=O)c3c2)cc1.O=CO. The van der Waals surface area contributed by atoms with Crippen LogP contribution >= 0.6 is 0 Å². The van der Waals surface area contributed by atoms with Crippen LogP contribution in [0.25, 0.3) is 10.9 Å². The van der Waals surface area contributed by atoms with Crippen molar-refractivity contribution in [2.45, 2.75) is 19.4 Å². The zero-order valence-corrected chi connectivity index (χ0v) is 18.0. The van der Waals surface area contributed by atoms with Gasteiger partial charge in [-0.2, -0.15) is 0 Å². The summed E-state index contributed by atoms with van der Waals surface area (Å²) in [6.45, 7) is 0.427. The van der Waals surface area contributed by atoms with Gasteiger partial charge >= 0.3 is 0 Å². The lowest BCUT2D eigenvalue weighted by Crippen LogP contribution is -2.26. The van der Waals surface area contributed by atoms with Crippen LogP contribution < -0.4 is 26.7 Å². The lowest BCUT2D eigenvalue weighted by molar-refractivity contribution is -0.123. The molecule has 1 aromatic heterocycles. The van der Waals surface area contributed by atoms with E-state index in [0.29, 0.717) is 41.6 Å². The molecule has 0 aliphatic rings. The number of benzene rings is 2. The summed E-state index contributed by atoms with van der Waals surface area (Å²) in [4.78, 5) is 50.2. The molecule has 0 bridgehead atoms. The molecular formula is C22H25N5O6. The molecule has 2 aromatic carbocycles. The zero-order chi connectivity index (χ0) is 24.2. The highest BCUT2D eigenvalue weighted by Gasteiger charge is 2.07. The monoisotopic (exact) mass is 455 g/mol. The van der Waals surface area contributed by atoms with E-state index < -0.39 is 0 Å². The summed E-state index contributed by atoms with van der Waals surface area (Å²) in [5, 5.41) is 12.6. The van der Waals surface area contributed by atoms with Gasteiger partial charge in [-0.15, -0.1) is 0 Å². The molecule has 0 atom stereocenters. The van der Waals surface area contributed by atoms with E-state index in [-0.39, 0.29) is 36.4 Å². The van der Waals surface area contributed by atoms with Crippen LogP contribution in [0.15, 0.2) is 47.3 Å². The molecule has 0 spiro atoms. The maximum atomic E-state index is 12.1. The number of fused-ring (bicyclic) bond motifs is 1. The van der Waals surface area contributed by atoms with E-state index in [9.17, 15) is 14.4 Å². The first-order chi connectivity index (χ1) is 15.9. The number of nitrogens with two attached hydrogens (primary N) is 1. The number of ether oxygens (including phenoxy) is 1. The smallest absolute Gasteiger partial charge is 0.290 e. The van der Waals surface area contributed by atoms with Gasteiger partial charge < -0.3 is 26.2 Å². The first kappa shape index (κ1) is 24.9. The van der Waals surface area contributed by atoms with E-state index in [2.05, 4.69) is 20.6 Å². The van der Waals surface area contributed by atoms with Crippen molar-refractivity contribution in [1.29, 1.82) is 0 Å². The second-order valence-corrected chi connectivity index (χ2v) is 6.75. The van der Waals surface area contributed by atoms with Crippen molar-refractivity contribution in [3.8, 4) is 5.75 Å². The van der Waals surface area contributed by atoms with Crippen molar-refractivity contribution in [3.05, 3.63) is 63.9 Å². The minimum absolute atomic E-state index is 0.0536. The van der Waals surface area contributed by atoms with Crippen LogP contribution in [-0.4, -0.2) is 47.0 Å². The Balaban J connectivity index is 0.00000122. The predicted molar refractivity (Wildman–Crippen MR) is 122 cm³/mol. The molecule has 0 saturated carbocycles.